The highest BCUT2D eigenvalue weighted by Crippen LogP contribution is 2.25. The van der Waals surface area contributed by atoms with E-state index in [2.05, 4.69) is 10.2 Å². The van der Waals surface area contributed by atoms with Gasteiger partial charge in [0.1, 0.15) is 6.54 Å². The number of carbonyl (C=O) groups is 2. The third-order valence-electron chi connectivity index (χ3n) is 7.13. The molecule has 1 aliphatic rings. The van der Waals surface area contributed by atoms with E-state index in [1.54, 1.807) is 29.2 Å². The molecule has 0 atom stereocenters. The molecular formula is C32H34ClN5O3. The van der Waals surface area contributed by atoms with Crippen LogP contribution in [0.3, 0.4) is 0 Å². The normalized spacial score (nSPS) is 13.6. The number of rotatable bonds is 9. The Labute approximate surface area is 245 Å². The van der Waals surface area contributed by atoms with Gasteiger partial charge in [0.25, 0.3) is 5.91 Å². The van der Waals surface area contributed by atoms with Crippen LogP contribution in [0.2, 0.25) is 5.02 Å². The van der Waals surface area contributed by atoms with Crippen LogP contribution < -0.4 is 5.32 Å². The molecule has 2 amide bonds. The molecule has 1 aromatic heterocycles. The molecule has 5 rings (SSSR count). The summed E-state index contributed by atoms with van der Waals surface area (Å²) >= 11 is 6.36. The number of benzene rings is 3. The first kappa shape index (κ1) is 28.5. The molecule has 3 aromatic carbocycles. The first-order chi connectivity index (χ1) is 19.9. The van der Waals surface area contributed by atoms with Crippen molar-refractivity contribution in [2.24, 2.45) is 0 Å². The molecule has 0 radical (unpaired) electrons. The van der Waals surface area contributed by atoms with E-state index in [4.69, 9.17) is 21.3 Å². The number of aryl methyl sites for hydroxylation is 2. The molecule has 1 N–H and O–H groups in total. The first-order valence-electron chi connectivity index (χ1n) is 13.7. The predicted octanol–water partition coefficient (Wildman–Crippen LogP) is 5.22. The van der Waals surface area contributed by atoms with E-state index >= 15 is 0 Å². The largest absolute Gasteiger partial charge is 0.379 e. The van der Waals surface area contributed by atoms with Crippen molar-refractivity contribution in [1.82, 2.24) is 19.4 Å². The second-order valence-corrected chi connectivity index (χ2v) is 10.6. The number of hydrogen-bond acceptors (Lipinski definition) is 5. The number of aromatic nitrogens is 2. The van der Waals surface area contributed by atoms with Crippen LogP contribution in [0.4, 0.5) is 5.95 Å². The molecule has 0 unspecified atom stereocenters. The van der Waals surface area contributed by atoms with Crippen molar-refractivity contribution in [3.8, 4) is 16.9 Å². The van der Waals surface area contributed by atoms with Crippen LogP contribution in [0.1, 0.15) is 21.5 Å². The van der Waals surface area contributed by atoms with Crippen molar-refractivity contribution in [2.45, 2.75) is 13.8 Å². The highest BCUT2D eigenvalue weighted by Gasteiger charge is 2.23. The monoisotopic (exact) mass is 571 g/mol. The van der Waals surface area contributed by atoms with Gasteiger partial charge >= 0.3 is 0 Å². The number of nitrogens with one attached hydrogen (secondary N) is 1. The number of anilines is 1. The average Bonchev–Trinajstić information content (AvgIpc) is 3.40. The van der Waals surface area contributed by atoms with E-state index in [0.717, 1.165) is 41.2 Å². The maximum absolute atomic E-state index is 13.6. The Morgan fingerprint density at radius 2 is 1.61 bits per heavy atom. The zero-order chi connectivity index (χ0) is 28.8. The van der Waals surface area contributed by atoms with Crippen molar-refractivity contribution in [2.75, 3.05) is 51.3 Å². The predicted molar refractivity (Wildman–Crippen MR) is 162 cm³/mol. The van der Waals surface area contributed by atoms with Crippen molar-refractivity contribution in [1.29, 1.82) is 0 Å². The molecule has 9 heteroatoms. The summed E-state index contributed by atoms with van der Waals surface area (Å²) in [5.41, 5.74) is 5.20. The molecule has 4 aromatic rings. The van der Waals surface area contributed by atoms with Gasteiger partial charge in [0.05, 0.1) is 29.5 Å². The van der Waals surface area contributed by atoms with E-state index in [-0.39, 0.29) is 18.4 Å². The van der Waals surface area contributed by atoms with Crippen LogP contribution in [0.25, 0.3) is 16.9 Å². The maximum Gasteiger partial charge on any atom is 0.255 e. The Balaban J connectivity index is 1.39. The van der Waals surface area contributed by atoms with Crippen molar-refractivity contribution < 1.29 is 14.3 Å². The van der Waals surface area contributed by atoms with Crippen LogP contribution in [0, 0.1) is 13.8 Å². The lowest BCUT2D eigenvalue weighted by molar-refractivity contribution is -0.117. The fraction of sp³-hybridized carbons (Fsp3) is 0.281. The minimum atomic E-state index is -0.346. The lowest BCUT2D eigenvalue weighted by atomic mass is 10.1. The second kappa shape index (κ2) is 13.1. The van der Waals surface area contributed by atoms with E-state index < -0.39 is 0 Å². The lowest BCUT2D eigenvalue weighted by Gasteiger charge is -2.30. The number of ether oxygens (including phenoxy) is 1. The summed E-state index contributed by atoms with van der Waals surface area (Å²) in [7, 11) is 0. The van der Waals surface area contributed by atoms with Gasteiger partial charge in [-0.05, 0) is 38.1 Å². The van der Waals surface area contributed by atoms with Gasteiger partial charge in [-0.25, -0.2) is 4.98 Å². The smallest absolute Gasteiger partial charge is 0.255 e. The summed E-state index contributed by atoms with van der Waals surface area (Å²) < 4.78 is 7.31. The molecule has 0 spiro atoms. The van der Waals surface area contributed by atoms with Crippen molar-refractivity contribution in [3.05, 3.63) is 101 Å². The van der Waals surface area contributed by atoms with E-state index in [1.807, 2.05) is 73.1 Å². The Kier molecular flexibility index (Phi) is 9.14. The van der Waals surface area contributed by atoms with Crippen molar-refractivity contribution in [3.63, 3.8) is 0 Å². The second-order valence-electron chi connectivity index (χ2n) is 10.2. The lowest BCUT2D eigenvalue weighted by Crippen LogP contribution is -2.45. The molecule has 8 nitrogen and oxygen atoms in total. The summed E-state index contributed by atoms with van der Waals surface area (Å²) in [6, 6.07) is 23.0. The topological polar surface area (TPSA) is 79.7 Å². The summed E-state index contributed by atoms with van der Waals surface area (Å²) in [6.45, 7) is 7.81. The Morgan fingerprint density at radius 3 is 2.29 bits per heavy atom. The fourth-order valence-electron chi connectivity index (χ4n) is 4.72. The van der Waals surface area contributed by atoms with Crippen LogP contribution in [0.15, 0.2) is 79.0 Å². The molecule has 41 heavy (non-hydrogen) atoms. The maximum atomic E-state index is 13.6. The summed E-state index contributed by atoms with van der Waals surface area (Å²) in [6.07, 6.45) is 1.91. The minimum Gasteiger partial charge on any atom is -0.379 e. The SMILES string of the molecule is Cc1ccc(-c2cn(-c3ccc(C)cc3)c(NC(=O)CN(CCN3CCOCC3)C(=O)c3ccccc3Cl)n2)cc1. The van der Waals surface area contributed by atoms with Gasteiger partial charge in [-0.1, -0.05) is 71.3 Å². The van der Waals surface area contributed by atoms with Gasteiger partial charge in [0.2, 0.25) is 11.9 Å². The highest BCUT2D eigenvalue weighted by molar-refractivity contribution is 6.33. The Bertz CT molecular complexity index is 1490. The summed E-state index contributed by atoms with van der Waals surface area (Å²) in [5, 5.41) is 3.32. The standard InChI is InChI=1S/C32H34ClN5O3/c1-23-7-11-25(12-8-23)29-21-38(26-13-9-24(2)10-14-26)32(34-29)35-30(39)22-37(16-15-36-17-19-41-20-18-36)31(40)27-5-3-4-6-28(27)33/h3-14,21H,15-20,22H2,1-2H3,(H,34,35,39). The first-order valence-corrected chi connectivity index (χ1v) is 14.1. The minimum absolute atomic E-state index is 0.144. The third kappa shape index (κ3) is 7.21. The molecule has 1 saturated heterocycles. The quantitative estimate of drug-likeness (QED) is 0.298. The van der Waals surface area contributed by atoms with Crippen LogP contribution in [-0.2, 0) is 9.53 Å². The summed E-state index contributed by atoms with van der Waals surface area (Å²) in [5.74, 6) is -0.254. The number of hydrogen-bond donors (Lipinski definition) is 1. The number of halogens is 1. The van der Waals surface area contributed by atoms with Gasteiger partial charge in [-0.3, -0.25) is 24.4 Å². The van der Waals surface area contributed by atoms with Gasteiger partial charge in [0, 0.05) is 43.6 Å². The molecule has 2 heterocycles. The fourth-order valence-corrected chi connectivity index (χ4v) is 4.93. The van der Waals surface area contributed by atoms with E-state index in [0.29, 0.717) is 42.8 Å². The molecule has 212 valence electrons. The van der Waals surface area contributed by atoms with Gasteiger partial charge < -0.3 is 9.64 Å². The van der Waals surface area contributed by atoms with E-state index in [1.165, 1.54) is 0 Å². The van der Waals surface area contributed by atoms with Gasteiger partial charge in [-0.2, -0.15) is 0 Å². The Morgan fingerprint density at radius 1 is 0.951 bits per heavy atom. The van der Waals surface area contributed by atoms with Crippen molar-refractivity contribution >= 4 is 29.4 Å². The number of morpholine rings is 1. The third-order valence-corrected chi connectivity index (χ3v) is 7.46. The average molecular weight is 572 g/mol. The van der Waals surface area contributed by atoms with E-state index in [9.17, 15) is 9.59 Å². The molecule has 1 fully saturated rings. The van der Waals surface area contributed by atoms with Crippen LogP contribution >= 0.6 is 11.6 Å². The Hall–Kier alpha value is -3.98. The highest BCUT2D eigenvalue weighted by atomic mass is 35.5. The molecule has 0 aliphatic carbocycles. The zero-order valence-corrected chi connectivity index (χ0v) is 24.1. The molecular weight excluding hydrogens is 538 g/mol. The number of imidazole rings is 1. The molecule has 0 saturated carbocycles. The molecule has 1 aliphatic heterocycles. The summed E-state index contributed by atoms with van der Waals surface area (Å²) in [4.78, 5) is 35.6. The number of amides is 2. The van der Waals surface area contributed by atoms with Gasteiger partial charge in [-0.15, -0.1) is 0 Å². The molecule has 0 bridgehead atoms. The van der Waals surface area contributed by atoms with Crippen LogP contribution in [0.5, 0.6) is 0 Å². The zero-order valence-electron chi connectivity index (χ0n) is 23.3. The van der Waals surface area contributed by atoms with Crippen LogP contribution in [-0.4, -0.2) is 77.1 Å². The van der Waals surface area contributed by atoms with Gasteiger partial charge in [0.15, 0.2) is 0 Å². The number of nitrogens with zero attached hydrogens (tertiary/aromatic N) is 4. The number of carbonyl (C=O) groups excluding carboxylic acids is 2.